The molecule has 2 aromatic rings. The van der Waals surface area contributed by atoms with Gasteiger partial charge in [-0.15, -0.1) is 11.8 Å². The third-order valence-corrected chi connectivity index (χ3v) is 3.91. The highest BCUT2D eigenvalue weighted by Gasteiger charge is 2.10. The van der Waals surface area contributed by atoms with Gasteiger partial charge in [0.15, 0.2) is 6.61 Å². The zero-order valence-corrected chi connectivity index (χ0v) is 13.4. The molecule has 4 nitrogen and oxygen atoms in total. The number of methoxy groups -OCH3 is 1. The third-order valence-electron chi connectivity index (χ3n) is 3.01. The molecule has 0 heterocycles. The molecule has 0 amide bonds. The molecule has 0 aliphatic heterocycles. The highest BCUT2D eigenvalue weighted by atomic mass is 32.2. The van der Waals surface area contributed by atoms with Gasteiger partial charge >= 0.3 is 5.97 Å². The van der Waals surface area contributed by atoms with E-state index in [0.717, 1.165) is 16.9 Å². The van der Waals surface area contributed by atoms with E-state index in [4.69, 9.17) is 14.6 Å². The number of hydrogen-bond donors (Lipinski definition) is 1. The topological polar surface area (TPSA) is 55.8 Å². The summed E-state index contributed by atoms with van der Waals surface area (Å²) in [5.74, 6) is 1.24. The Labute approximate surface area is 134 Å². The second-order valence-corrected chi connectivity index (χ2v) is 5.84. The monoisotopic (exact) mass is 318 g/mol. The van der Waals surface area contributed by atoms with Gasteiger partial charge in [0.05, 0.1) is 7.11 Å². The first-order valence-electron chi connectivity index (χ1n) is 6.90. The van der Waals surface area contributed by atoms with E-state index in [-0.39, 0.29) is 6.61 Å². The molecule has 0 saturated carbocycles. The number of hydrogen-bond acceptors (Lipinski definition) is 4. The molecule has 0 spiro atoms. The molecule has 0 bridgehead atoms. The largest absolute Gasteiger partial charge is 0.497 e. The summed E-state index contributed by atoms with van der Waals surface area (Å²) in [5.41, 5.74) is 1.77. The minimum Gasteiger partial charge on any atom is -0.497 e. The van der Waals surface area contributed by atoms with Crippen LogP contribution in [0, 0.1) is 0 Å². The van der Waals surface area contributed by atoms with Crippen LogP contribution < -0.4 is 9.47 Å². The molecule has 0 radical (unpaired) electrons. The molecule has 0 aliphatic carbocycles. The van der Waals surface area contributed by atoms with Crippen molar-refractivity contribution < 1.29 is 19.4 Å². The molecular weight excluding hydrogens is 300 g/mol. The van der Waals surface area contributed by atoms with Crippen molar-refractivity contribution >= 4 is 17.7 Å². The normalized spacial score (nSPS) is 10.3. The fourth-order valence-corrected chi connectivity index (χ4v) is 2.69. The van der Waals surface area contributed by atoms with Crippen LogP contribution in [-0.2, 0) is 4.79 Å². The Morgan fingerprint density at radius 1 is 1.18 bits per heavy atom. The number of aliphatic carboxylic acids is 1. The molecule has 0 fully saturated rings. The standard InChI is InChI=1S/C17H18O4S/c1-3-22-14-7-4-12(5-8-14)15-10-13(20-2)6-9-16(15)21-11-17(18)19/h4-10H,3,11H2,1-2H3,(H,18,19). The lowest BCUT2D eigenvalue weighted by Gasteiger charge is -2.12. The molecule has 2 rings (SSSR count). The number of carboxylic acids is 1. The second-order valence-electron chi connectivity index (χ2n) is 4.50. The van der Waals surface area contributed by atoms with Gasteiger partial charge in [-0.2, -0.15) is 0 Å². The predicted molar refractivity (Wildman–Crippen MR) is 88.0 cm³/mol. The average molecular weight is 318 g/mol. The minimum atomic E-state index is -1.00. The highest BCUT2D eigenvalue weighted by Crippen LogP contribution is 2.34. The molecule has 0 atom stereocenters. The van der Waals surface area contributed by atoms with Crippen molar-refractivity contribution in [2.24, 2.45) is 0 Å². The van der Waals surface area contributed by atoms with E-state index in [9.17, 15) is 4.79 Å². The molecule has 0 saturated heterocycles. The van der Waals surface area contributed by atoms with Crippen LogP contribution in [0.15, 0.2) is 47.4 Å². The minimum absolute atomic E-state index is 0.372. The van der Waals surface area contributed by atoms with Crippen LogP contribution in [0.5, 0.6) is 11.5 Å². The molecule has 0 aliphatic rings. The van der Waals surface area contributed by atoms with Crippen molar-refractivity contribution in [1.82, 2.24) is 0 Å². The molecule has 0 unspecified atom stereocenters. The lowest BCUT2D eigenvalue weighted by atomic mass is 10.0. The number of ether oxygens (including phenoxy) is 2. The number of benzene rings is 2. The Hall–Kier alpha value is -2.14. The Morgan fingerprint density at radius 2 is 1.91 bits per heavy atom. The van der Waals surface area contributed by atoms with Crippen LogP contribution in [-0.4, -0.2) is 30.5 Å². The van der Waals surface area contributed by atoms with Gasteiger partial charge in [0.2, 0.25) is 0 Å². The Kier molecular flexibility index (Phi) is 5.72. The zero-order valence-electron chi connectivity index (χ0n) is 12.5. The summed E-state index contributed by atoms with van der Waals surface area (Å²) in [6, 6.07) is 13.4. The quantitative estimate of drug-likeness (QED) is 0.784. The van der Waals surface area contributed by atoms with Crippen LogP contribution in [0.2, 0.25) is 0 Å². The summed E-state index contributed by atoms with van der Waals surface area (Å²) in [6.07, 6.45) is 0. The lowest BCUT2D eigenvalue weighted by molar-refractivity contribution is -0.139. The fourth-order valence-electron chi connectivity index (χ4n) is 2.02. The van der Waals surface area contributed by atoms with Crippen molar-refractivity contribution in [1.29, 1.82) is 0 Å². The number of carboxylic acid groups (broad SMARTS) is 1. The van der Waals surface area contributed by atoms with E-state index in [1.165, 1.54) is 4.90 Å². The van der Waals surface area contributed by atoms with Gasteiger partial charge in [-0.25, -0.2) is 4.79 Å². The van der Waals surface area contributed by atoms with Gasteiger partial charge < -0.3 is 14.6 Å². The molecule has 22 heavy (non-hydrogen) atoms. The van der Waals surface area contributed by atoms with E-state index < -0.39 is 5.97 Å². The number of thioether (sulfide) groups is 1. The van der Waals surface area contributed by atoms with Crippen LogP contribution >= 0.6 is 11.8 Å². The van der Waals surface area contributed by atoms with Gasteiger partial charge in [0.25, 0.3) is 0 Å². The summed E-state index contributed by atoms with van der Waals surface area (Å²) in [4.78, 5) is 11.9. The SMILES string of the molecule is CCSc1ccc(-c2cc(OC)ccc2OCC(=O)O)cc1. The summed E-state index contributed by atoms with van der Waals surface area (Å²) in [7, 11) is 1.60. The van der Waals surface area contributed by atoms with Crippen LogP contribution in [0.3, 0.4) is 0 Å². The molecule has 116 valence electrons. The fraction of sp³-hybridized carbons (Fsp3) is 0.235. The predicted octanol–water partition coefficient (Wildman–Crippen LogP) is 3.94. The Balaban J connectivity index is 2.35. The first kappa shape index (κ1) is 16.2. The summed E-state index contributed by atoms with van der Waals surface area (Å²) in [6.45, 7) is 1.74. The first-order valence-corrected chi connectivity index (χ1v) is 7.88. The number of rotatable bonds is 7. The summed E-state index contributed by atoms with van der Waals surface area (Å²) < 4.78 is 10.6. The van der Waals surface area contributed by atoms with Crippen molar-refractivity contribution in [2.75, 3.05) is 19.5 Å². The van der Waals surface area contributed by atoms with E-state index in [1.54, 1.807) is 31.0 Å². The second kappa shape index (κ2) is 7.75. The van der Waals surface area contributed by atoms with Crippen molar-refractivity contribution in [3.8, 4) is 22.6 Å². The third kappa shape index (κ3) is 4.18. The zero-order chi connectivity index (χ0) is 15.9. The lowest BCUT2D eigenvalue weighted by Crippen LogP contribution is -2.10. The maximum atomic E-state index is 10.7. The van der Waals surface area contributed by atoms with Crippen LogP contribution in [0.25, 0.3) is 11.1 Å². The van der Waals surface area contributed by atoms with Crippen LogP contribution in [0.1, 0.15) is 6.92 Å². The van der Waals surface area contributed by atoms with Gasteiger partial charge in [0.1, 0.15) is 11.5 Å². The average Bonchev–Trinajstić information content (AvgIpc) is 2.54. The smallest absolute Gasteiger partial charge is 0.341 e. The summed E-state index contributed by atoms with van der Waals surface area (Å²) in [5, 5.41) is 8.78. The van der Waals surface area contributed by atoms with E-state index in [0.29, 0.717) is 11.5 Å². The highest BCUT2D eigenvalue weighted by molar-refractivity contribution is 7.99. The van der Waals surface area contributed by atoms with Crippen LogP contribution in [0.4, 0.5) is 0 Å². The molecule has 0 aromatic heterocycles. The number of carbonyl (C=O) groups is 1. The first-order chi connectivity index (χ1) is 10.6. The summed E-state index contributed by atoms with van der Waals surface area (Å²) >= 11 is 1.77. The van der Waals surface area contributed by atoms with Crippen molar-refractivity contribution in [2.45, 2.75) is 11.8 Å². The van der Waals surface area contributed by atoms with E-state index in [2.05, 4.69) is 6.92 Å². The maximum absolute atomic E-state index is 10.7. The van der Waals surface area contributed by atoms with E-state index in [1.807, 2.05) is 30.3 Å². The maximum Gasteiger partial charge on any atom is 0.341 e. The van der Waals surface area contributed by atoms with Gasteiger partial charge in [-0.05, 0) is 41.6 Å². The Morgan fingerprint density at radius 3 is 2.50 bits per heavy atom. The molecule has 1 N–H and O–H groups in total. The molecule has 5 heteroatoms. The van der Waals surface area contributed by atoms with Gasteiger partial charge in [-0.1, -0.05) is 19.1 Å². The molecular formula is C17H18O4S. The van der Waals surface area contributed by atoms with Crippen molar-refractivity contribution in [3.63, 3.8) is 0 Å². The van der Waals surface area contributed by atoms with Gasteiger partial charge in [0, 0.05) is 10.5 Å². The van der Waals surface area contributed by atoms with E-state index >= 15 is 0 Å². The molecule has 2 aromatic carbocycles. The van der Waals surface area contributed by atoms with Gasteiger partial charge in [-0.3, -0.25) is 0 Å². The Bertz CT molecular complexity index is 638. The van der Waals surface area contributed by atoms with Crippen molar-refractivity contribution in [3.05, 3.63) is 42.5 Å².